The smallest absolute Gasteiger partial charge is 0.156 e. The number of hydrogen-bond acceptors (Lipinski definition) is 3. The van der Waals surface area contributed by atoms with E-state index in [1.54, 1.807) is 0 Å². The second-order valence-electron chi connectivity index (χ2n) is 6.17. The van der Waals surface area contributed by atoms with Gasteiger partial charge in [-0.15, -0.1) is 0 Å². The fourth-order valence-corrected chi connectivity index (χ4v) is 2.91. The third-order valence-corrected chi connectivity index (χ3v) is 4.98. The Balaban J connectivity index is 1.86. The molecule has 0 amide bonds. The van der Waals surface area contributed by atoms with Gasteiger partial charge in [0.1, 0.15) is 0 Å². The van der Waals surface area contributed by atoms with Gasteiger partial charge in [-0.2, -0.15) is 0 Å². The van der Waals surface area contributed by atoms with Crippen molar-refractivity contribution in [3.8, 4) is 0 Å². The molecule has 0 spiro atoms. The number of nitrogens with one attached hydrogen (secondary N) is 1. The quantitative estimate of drug-likeness (QED) is 0.904. The van der Waals surface area contributed by atoms with Crippen molar-refractivity contribution in [3.63, 3.8) is 0 Å². The third-order valence-electron chi connectivity index (χ3n) is 3.89. The van der Waals surface area contributed by atoms with Crippen LogP contribution in [0.1, 0.15) is 19.4 Å². The van der Waals surface area contributed by atoms with Gasteiger partial charge in [0, 0.05) is 17.3 Å². The number of amidine groups is 1. The van der Waals surface area contributed by atoms with Crippen LogP contribution >= 0.6 is 11.8 Å². The summed E-state index contributed by atoms with van der Waals surface area (Å²) in [7, 11) is 4.21. The van der Waals surface area contributed by atoms with Crippen LogP contribution in [0.5, 0.6) is 0 Å². The molecule has 1 saturated heterocycles. The number of rotatable bonds is 5. The van der Waals surface area contributed by atoms with Gasteiger partial charge in [-0.1, -0.05) is 42.1 Å². The summed E-state index contributed by atoms with van der Waals surface area (Å²) in [6, 6.07) is 11.2. The number of aliphatic imine (C=N–C) groups is 1. The van der Waals surface area contributed by atoms with Gasteiger partial charge in [-0.3, -0.25) is 4.99 Å². The highest BCUT2D eigenvalue weighted by Gasteiger charge is 2.23. The summed E-state index contributed by atoms with van der Waals surface area (Å²) in [4.78, 5) is 6.96. The van der Waals surface area contributed by atoms with Crippen LogP contribution in [0.3, 0.4) is 0 Å². The number of thioether (sulfide) groups is 1. The van der Waals surface area contributed by atoms with Gasteiger partial charge in [0.15, 0.2) is 5.17 Å². The molecule has 1 aromatic carbocycles. The summed E-state index contributed by atoms with van der Waals surface area (Å²) >= 11 is 1.84. The van der Waals surface area contributed by atoms with E-state index in [1.165, 1.54) is 5.56 Å². The van der Waals surface area contributed by atoms with Crippen molar-refractivity contribution in [2.24, 2.45) is 4.99 Å². The second-order valence-corrected chi connectivity index (χ2v) is 7.18. The molecular weight excluding hydrogens is 266 g/mol. The zero-order valence-electron chi connectivity index (χ0n) is 12.9. The molecule has 4 heteroatoms. The Labute approximate surface area is 126 Å². The van der Waals surface area contributed by atoms with Crippen LogP contribution in [0, 0.1) is 0 Å². The predicted octanol–water partition coefficient (Wildman–Crippen LogP) is 2.63. The summed E-state index contributed by atoms with van der Waals surface area (Å²) < 4.78 is 0. The minimum atomic E-state index is 0.104. The van der Waals surface area contributed by atoms with Crippen molar-refractivity contribution in [2.45, 2.75) is 31.8 Å². The lowest BCUT2D eigenvalue weighted by atomic mass is 10.1. The van der Waals surface area contributed by atoms with Gasteiger partial charge in [0.25, 0.3) is 0 Å². The molecule has 1 atom stereocenters. The number of nitrogens with zero attached hydrogens (tertiary/aromatic N) is 2. The van der Waals surface area contributed by atoms with E-state index in [9.17, 15) is 0 Å². The van der Waals surface area contributed by atoms with Gasteiger partial charge in [-0.05, 0) is 39.9 Å². The molecule has 1 fully saturated rings. The summed E-state index contributed by atoms with van der Waals surface area (Å²) in [6.45, 7) is 5.27. The highest BCUT2D eigenvalue weighted by atomic mass is 32.2. The van der Waals surface area contributed by atoms with Crippen molar-refractivity contribution < 1.29 is 0 Å². The maximum atomic E-state index is 4.73. The average molecular weight is 291 g/mol. The van der Waals surface area contributed by atoms with Crippen molar-refractivity contribution in [3.05, 3.63) is 35.9 Å². The molecule has 0 aliphatic carbocycles. The number of likely N-dealkylation sites (N-methyl/N-ethyl adjacent to an activating group) is 1. The van der Waals surface area contributed by atoms with E-state index < -0.39 is 0 Å². The van der Waals surface area contributed by atoms with E-state index in [1.807, 2.05) is 11.8 Å². The van der Waals surface area contributed by atoms with Gasteiger partial charge in [0.2, 0.25) is 0 Å². The Morgan fingerprint density at radius 2 is 2.00 bits per heavy atom. The van der Waals surface area contributed by atoms with E-state index >= 15 is 0 Å². The zero-order chi connectivity index (χ0) is 14.6. The summed E-state index contributed by atoms with van der Waals surface area (Å²) in [5, 5.41) is 4.64. The SMILES string of the molecule is CN(C)C(C)(C)CN=C1NC(Cc2ccccc2)CS1. The van der Waals surface area contributed by atoms with E-state index in [0.717, 1.165) is 23.9 Å². The standard InChI is InChI=1S/C16H25N3S/c1-16(2,19(3)4)12-17-15-18-14(11-20-15)10-13-8-6-5-7-9-13/h5-9,14H,10-12H2,1-4H3,(H,17,18). The molecule has 3 nitrogen and oxygen atoms in total. The van der Waals surface area contributed by atoms with Crippen LogP contribution < -0.4 is 5.32 Å². The highest BCUT2D eigenvalue weighted by Crippen LogP contribution is 2.19. The maximum Gasteiger partial charge on any atom is 0.156 e. The normalized spacial score (nSPS) is 21.4. The molecule has 0 aromatic heterocycles. The van der Waals surface area contributed by atoms with E-state index in [0.29, 0.717) is 6.04 Å². The van der Waals surface area contributed by atoms with Crippen molar-refractivity contribution in [1.82, 2.24) is 10.2 Å². The van der Waals surface area contributed by atoms with E-state index in [2.05, 4.69) is 68.5 Å². The third kappa shape index (κ3) is 4.25. The average Bonchev–Trinajstić information content (AvgIpc) is 2.85. The molecular formula is C16H25N3S. The topological polar surface area (TPSA) is 27.6 Å². The van der Waals surface area contributed by atoms with Gasteiger partial charge in [-0.25, -0.2) is 0 Å². The molecule has 2 rings (SSSR count). The first kappa shape index (κ1) is 15.4. The Morgan fingerprint density at radius 3 is 2.65 bits per heavy atom. The molecule has 0 saturated carbocycles. The fourth-order valence-electron chi connectivity index (χ4n) is 1.94. The van der Waals surface area contributed by atoms with Crippen molar-refractivity contribution >= 4 is 16.9 Å². The monoisotopic (exact) mass is 291 g/mol. The first-order chi connectivity index (χ1) is 9.47. The summed E-state index contributed by atoms with van der Waals surface area (Å²) in [6.07, 6.45) is 1.07. The lowest BCUT2D eigenvalue weighted by Gasteiger charge is -2.30. The van der Waals surface area contributed by atoms with Crippen LogP contribution in [0.15, 0.2) is 35.3 Å². The van der Waals surface area contributed by atoms with Crippen LogP contribution in [0.25, 0.3) is 0 Å². The van der Waals surface area contributed by atoms with E-state index in [-0.39, 0.29) is 5.54 Å². The first-order valence-electron chi connectivity index (χ1n) is 7.12. The van der Waals surface area contributed by atoms with Crippen LogP contribution in [-0.2, 0) is 6.42 Å². The fraction of sp³-hybridized carbons (Fsp3) is 0.562. The molecule has 110 valence electrons. The Morgan fingerprint density at radius 1 is 1.30 bits per heavy atom. The van der Waals surface area contributed by atoms with Crippen molar-refractivity contribution in [2.75, 3.05) is 26.4 Å². The predicted molar refractivity (Wildman–Crippen MR) is 89.6 cm³/mol. The molecule has 0 radical (unpaired) electrons. The Kier molecular flexibility index (Phi) is 5.11. The lowest BCUT2D eigenvalue weighted by Crippen LogP contribution is -2.41. The zero-order valence-corrected chi connectivity index (χ0v) is 13.7. The Hall–Kier alpha value is -1.00. The van der Waals surface area contributed by atoms with Gasteiger partial charge in [0.05, 0.1) is 6.54 Å². The minimum absolute atomic E-state index is 0.104. The lowest BCUT2D eigenvalue weighted by molar-refractivity contribution is 0.205. The molecule has 1 heterocycles. The van der Waals surface area contributed by atoms with Crippen LogP contribution in [0.4, 0.5) is 0 Å². The molecule has 0 bridgehead atoms. The largest absolute Gasteiger partial charge is 0.361 e. The molecule has 1 aromatic rings. The molecule has 1 unspecified atom stereocenters. The van der Waals surface area contributed by atoms with Gasteiger partial charge < -0.3 is 10.2 Å². The minimum Gasteiger partial charge on any atom is -0.361 e. The summed E-state index contributed by atoms with van der Waals surface area (Å²) in [5.41, 5.74) is 1.49. The van der Waals surface area contributed by atoms with Crippen molar-refractivity contribution in [1.29, 1.82) is 0 Å². The maximum absolute atomic E-state index is 4.73. The molecule has 1 aliphatic rings. The number of benzene rings is 1. The molecule has 1 N–H and O–H groups in total. The summed E-state index contributed by atoms with van der Waals surface area (Å²) in [5.74, 6) is 1.11. The second kappa shape index (κ2) is 6.64. The highest BCUT2D eigenvalue weighted by molar-refractivity contribution is 8.14. The van der Waals surface area contributed by atoms with Gasteiger partial charge >= 0.3 is 0 Å². The molecule has 1 aliphatic heterocycles. The van der Waals surface area contributed by atoms with E-state index in [4.69, 9.17) is 4.99 Å². The number of hydrogen-bond donors (Lipinski definition) is 1. The van der Waals surface area contributed by atoms with Crippen LogP contribution in [-0.4, -0.2) is 48.0 Å². The first-order valence-corrected chi connectivity index (χ1v) is 8.11. The van der Waals surface area contributed by atoms with Crippen LogP contribution in [0.2, 0.25) is 0 Å². The Bertz CT molecular complexity index is 454. The molecule has 20 heavy (non-hydrogen) atoms.